The van der Waals surface area contributed by atoms with Crippen LogP contribution in [0.2, 0.25) is 5.02 Å². The highest BCUT2D eigenvalue weighted by molar-refractivity contribution is 7.89. The van der Waals surface area contributed by atoms with Crippen molar-refractivity contribution in [2.75, 3.05) is 32.6 Å². The molecule has 0 spiro atoms. The van der Waals surface area contributed by atoms with E-state index in [4.69, 9.17) is 16.3 Å². The van der Waals surface area contributed by atoms with Crippen molar-refractivity contribution in [2.24, 2.45) is 0 Å². The molecule has 2 amide bonds. The van der Waals surface area contributed by atoms with E-state index in [2.05, 4.69) is 5.32 Å². The van der Waals surface area contributed by atoms with Gasteiger partial charge in [0.25, 0.3) is 5.91 Å². The number of benzene rings is 2. The van der Waals surface area contributed by atoms with Crippen molar-refractivity contribution in [3.8, 4) is 0 Å². The van der Waals surface area contributed by atoms with Crippen LogP contribution in [-0.4, -0.2) is 68.7 Å². The van der Waals surface area contributed by atoms with Gasteiger partial charge in [-0.2, -0.15) is 4.31 Å². The van der Waals surface area contributed by atoms with Crippen LogP contribution in [0.25, 0.3) is 0 Å². The van der Waals surface area contributed by atoms with Crippen LogP contribution >= 0.6 is 11.6 Å². The third-order valence-corrected chi connectivity index (χ3v) is 7.11. The third-order valence-electron chi connectivity index (χ3n) is 4.76. The Morgan fingerprint density at radius 3 is 2.36 bits per heavy atom. The molecule has 0 aliphatic heterocycles. The summed E-state index contributed by atoms with van der Waals surface area (Å²) in [4.78, 5) is 37.8. The number of halogens is 1. The minimum absolute atomic E-state index is 0.0138. The van der Waals surface area contributed by atoms with Gasteiger partial charge < -0.3 is 15.0 Å². The number of ether oxygens (including phenoxy) is 1. The van der Waals surface area contributed by atoms with Gasteiger partial charge in [0.15, 0.2) is 6.61 Å². The Kier molecular flexibility index (Phi) is 8.98. The second-order valence-corrected chi connectivity index (χ2v) is 9.90. The lowest BCUT2D eigenvalue weighted by atomic mass is 10.2. The summed E-state index contributed by atoms with van der Waals surface area (Å²) in [5, 5.41) is 2.95. The van der Waals surface area contributed by atoms with E-state index in [1.165, 1.54) is 42.7 Å². The standard InChI is InChI=1S/C22H26ClN3O6S/c1-15(2)26(4)33(30,31)17-9-7-8-16(12-17)22(29)32-14-21(28)25(3)13-20(27)24-19-11-6-5-10-18(19)23/h5-12,15H,13-14H2,1-4H3,(H,24,27). The van der Waals surface area contributed by atoms with Crippen molar-refractivity contribution in [3.05, 3.63) is 59.1 Å². The van der Waals surface area contributed by atoms with Crippen molar-refractivity contribution >= 4 is 45.1 Å². The molecule has 0 bridgehead atoms. The van der Waals surface area contributed by atoms with Crippen LogP contribution < -0.4 is 5.32 Å². The zero-order valence-corrected chi connectivity index (χ0v) is 20.3. The molecule has 0 saturated heterocycles. The Hall–Kier alpha value is -2.95. The van der Waals surface area contributed by atoms with Crippen LogP contribution in [0, 0.1) is 0 Å². The highest BCUT2D eigenvalue weighted by Gasteiger charge is 2.24. The lowest BCUT2D eigenvalue weighted by Crippen LogP contribution is -2.37. The maximum Gasteiger partial charge on any atom is 0.338 e. The number of nitrogens with one attached hydrogen (secondary N) is 1. The monoisotopic (exact) mass is 495 g/mol. The van der Waals surface area contributed by atoms with Crippen LogP contribution in [0.15, 0.2) is 53.4 Å². The number of sulfonamides is 1. The average molecular weight is 496 g/mol. The largest absolute Gasteiger partial charge is 0.452 e. The zero-order chi connectivity index (χ0) is 24.8. The van der Waals surface area contributed by atoms with E-state index >= 15 is 0 Å². The molecule has 0 unspecified atom stereocenters. The minimum Gasteiger partial charge on any atom is -0.452 e. The van der Waals surface area contributed by atoms with Crippen molar-refractivity contribution in [1.29, 1.82) is 0 Å². The number of para-hydroxylation sites is 1. The van der Waals surface area contributed by atoms with E-state index in [0.717, 1.165) is 4.90 Å². The summed E-state index contributed by atoms with van der Waals surface area (Å²) in [5.74, 6) is -1.94. The molecule has 11 heteroatoms. The van der Waals surface area contributed by atoms with Crippen LogP contribution in [0.4, 0.5) is 5.69 Å². The fraction of sp³-hybridized carbons (Fsp3) is 0.318. The predicted octanol–water partition coefficient (Wildman–Crippen LogP) is 2.62. The number of rotatable bonds is 9. The highest BCUT2D eigenvalue weighted by atomic mass is 35.5. The number of nitrogens with zero attached hydrogens (tertiary/aromatic N) is 2. The van der Waals surface area contributed by atoms with Gasteiger partial charge in [-0.1, -0.05) is 29.8 Å². The van der Waals surface area contributed by atoms with Gasteiger partial charge in [0.05, 0.1) is 27.7 Å². The summed E-state index contributed by atoms with van der Waals surface area (Å²) < 4.78 is 31.4. The molecule has 33 heavy (non-hydrogen) atoms. The number of carbonyl (C=O) groups excluding carboxylic acids is 3. The van der Waals surface area contributed by atoms with E-state index in [-0.39, 0.29) is 23.0 Å². The molecule has 0 aromatic heterocycles. The molecule has 0 fully saturated rings. The van der Waals surface area contributed by atoms with Gasteiger partial charge in [0, 0.05) is 20.1 Å². The summed E-state index contributed by atoms with van der Waals surface area (Å²) >= 11 is 5.99. The first-order chi connectivity index (χ1) is 15.4. The lowest BCUT2D eigenvalue weighted by Gasteiger charge is -2.21. The second kappa shape index (κ2) is 11.3. The van der Waals surface area contributed by atoms with Crippen molar-refractivity contribution in [3.63, 3.8) is 0 Å². The Morgan fingerprint density at radius 2 is 1.73 bits per heavy atom. The van der Waals surface area contributed by atoms with Gasteiger partial charge in [-0.15, -0.1) is 0 Å². The lowest BCUT2D eigenvalue weighted by molar-refractivity contribution is -0.136. The summed E-state index contributed by atoms with van der Waals surface area (Å²) in [6.45, 7) is 2.56. The first-order valence-corrected chi connectivity index (χ1v) is 11.8. The van der Waals surface area contributed by atoms with Crippen LogP contribution in [0.1, 0.15) is 24.2 Å². The molecule has 0 saturated carbocycles. The first-order valence-electron chi connectivity index (χ1n) is 9.97. The molecular weight excluding hydrogens is 470 g/mol. The summed E-state index contributed by atoms with van der Waals surface area (Å²) in [6, 6.07) is 11.8. The average Bonchev–Trinajstić information content (AvgIpc) is 2.78. The van der Waals surface area contributed by atoms with Crippen molar-refractivity contribution in [2.45, 2.75) is 24.8 Å². The molecule has 0 radical (unpaired) electrons. The van der Waals surface area contributed by atoms with Crippen LogP contribution in [0.3, 0.4) is 0 Å². The molecular formula is C22H26ClN3O6S. The summed E-state index contributed by atoms with van der Waals surface area (Å²) in [5.41, 5.74) is 0.398. The molecule has 2 aromatic rings. The predicted molar refractivity (Wildman–Crippen MR) is 125 cm³/mol. The van der Waals surface area contributed by atoms with Gasteiger partial charge in [0.1, 0.15) is 0 Å². The van der Waals surface area contributed by atoms with Crippen LogP contribution in [-0.2, 0) is 24.3 Å². The maximum absolute atomic E-state index is 12.6. The van der Waals surface area contributed by atoms with Gasteiger partial charge >= 0.3 is 5.97 Å². The van der Waals surface area contributed by atoms with E-state index in [1.807, 2.05) is 0 Å². The number of anilines is 1. The van der Waals surface area contributed by atoms with E-state index in [1.54, 1.807) is 38.1 Å². The number of esters is 1. The van der Waals surface area contributed by atoms with E-state index < -0.39 is 34.4 Å². The number of hydrogen-bond acceptors (Lipinski definition) is 6. The number of hydrogen-bond donors (Lipinski definition) is 1. The maximum atomic E-state index is 12.6. The molecule has 0 aliphatic carbocycles. The minimum atomic E-state index is -3.78. The fourth-order valence-corrected chi connectivity index (χ4v) is 4.20. The Labute approximate surface area is 198 Å². The molecule has 178 valence electrons. The number of amides is 2. The SMILES string of the molecule is CC(C)N(C)S(=O)(=O)c1cccc(C(=O)OCC(=O)N(C)CC(=O)Nc2ccccc2Cl)c1. The smallest absolute Gasteiger partial charge is 0.338 e. The molecule has 0 atom stereocenters. The van der Waals surface area contributed by atoms with Crippen molar-refractivity contribution < 1.29 is 27.5 Å². The fourth-order valence-electron chi connectivity index (χ4n) is 2.60. The quantitative estimate of drug-likeness (QED) is 0.535. The highest BCUT2D eigenvalue weighted by Crippen LogP contribution is 2.20. The molecule has 2 aromatic carbocycles. The molecule has 0 aliphatic rings. The molecule has 9 nitrogen and oxygen atoms in total. The molecule has 0 heterocycles. The van der Waals surface area contributed by atoms with Gasteiger partial charge in [-0.25, -0.2) is 13.2 Å². The molecule has 2 rings (SSSR count). The third kappa shape index (κ3) is 7.01. The van der Waals surface area contributed by atoms with Gasteiger partial charge in [-0.05, 0) is 44.2 Å². The topological polar surface area (TPSA) is 113 Å². The van der Waals surface area contributed by atoms with Crippen molar-refractivity contribution in [1.82, 2.24) is 9.21 Å². The molecule has 1 N–H and O–H groups in total. The summed E-state index contributed by atoms with van der Waals surface area (Å²) in [7, 11) is -0.953. The normalized spacial score (nSPS) is 11.4. The van der Waals surface area contributed by atoms with Crippen LogP contribution in [0.5, 0.6) is 0 Å². The van der Waals surface area contributed by atoms with E-state index in [0.29, 0.717) is 10.7 Å². The second-order valence-electron chi connectivity index (χ2n) is 7.50. The Morgan fingerprint density at radius 1 is 1.06 bits per heavy atom. The number of likely N-dealkylation sites (N-methyl/N-ethyl adjacent to an activating group) is 1. The summed E-state index contributed by atoms with van der Waals surface area (Å²) in [6.07, 6.45) is 0. The first kappa shape index (κ1) is 26.3. The van der Waals surface area contributed by atoms with E-state index in [9.17, 15) is 22.8 Å². The number of carbonyl (C=O) groups is 3. The zero-order valence-electron chi connectivity index (χ0n) is 18.7. The Bertz CT molecular complexity index is 1140. The van der Waals surface area contributed by atoms with Gasteiger partial charge in [0.2, 0.25) is 15.9 Å². The Balaban J connectivity index is 1.95. The van der Waals surface area contributed by atoms with Gasteiger partial charge in [-0.3, -0.25) is 9.59 Å².